The van der Waals surface area contributed by atoms with Crippen molar-refractivity contribution in [1.29, 1.82) is 0 Å². The van der Waals surface area contributed by atoms with Gasteiger partial charge in [0, 0.05) is 19.5 Å². The van der Waals surface area contributed by atoms with Crippen LogP contribution in [0.3, 0.4) is 0 Å². The summed E-state index contributed by atoms with van der Waals surface area (Å²) in [6, 6.07) is 7.72. The van der Waals surface area contributed by atoms with Gasteiger partial charge in [0.2, 0.25) is 5.91 Å². The third-order valence-corrected chi connectivity index (χ3v) is 3.52. The number of rotatable bonds is 9. The van der Waals surface area contributed by atoms with Crippen molar-refractivity contribution in [3.8, 4) is 5.75 Å². The Morgan fingerprint density at radius 1 is 1.15 bits per heavy atom. The molecule has 0 saturated carbocycles. The van der Waals surface area contributed by atoms with Gasteiger partial charge in [-0.2, -0.15) is 0 Å². The molecule has 7 nitrogen and oxygen atoms in total. The molecule has 1 heterocycles. The summed E-state index contributed by atoms with van der Waals surface area (Å²) in [5.41, 5.74) is 0.543. The Kier molecular flexibility index (Phi) is 7.26. The Labute approximate surface area is 154 Å². The van der Waals surface area contributed by atoms with E-state index in [0.717, 1.165) is 17.9 Å². The van der Waals surface area contributed by atoms with Crippen LogP contribution in [0.5, 0.6) is 5.75 Å². The van der Waals surface area contributed by atoms with Crippen molar-refractivity contribution in [1.82, 2.24) is 10.6 Å². The number of epoxide rings is 1. The van der Waals surface area contributed by atoms with Crippen molar-refractivity contribution in [3.63, 3.8) is 0 Å². The van der Waals surface area contributed by atoms with Crippen LogP contribution in [0.1, 0.15) is 32.8 Å². The Morgan fingerprint density at radius 3 is 2.42 bits per heavy atom. The van der Waals surface area contributed by atoms with Gasteiger partial charge in [0.05, 0.1) is 6.61 Å². The normalized spacial score (nSPS) is 15.9. The zero-order valence-corrected chi connectivity index (χ0v) is 15.7. The molecule has 26 heavy (non-hydrogen) atoms. The van der Waals surface area contributed by atoms with Gasteiger partial charge in [0.1, 0.15) is 24.1 Å². The number of amides is 2. The Bertz CT molecular complexity index is 591. The Hall–Kier alpha value is -2.28. The predicted molar refractivity (Wildman–Crippen MR) is 97.2 cm³/mol. The van der Waals surface area contributed by atoms with Crippen LogP contribution < -0.4 is 15.4 Å². The van der Waals surface area contributed by atoms with Crippen LogP contribution in [0.4, 0.5) is 4.79 Å². The molecule has 1 aliphatic rings. The van der Waals surface area contributed by atoms with Crippen LogP contribution in [0.2, 0.25) is 0 Å². The van der Waals surface area contributed by atoms with E-state index in [4.69, 9.17) is 14.2 Å². The Morgan fingerprint density at radius 2 is 1.81 bits per heavy atom. The van der Waals surface area contributed by atoms with E-state index in [0.29, 0.717) is 32.5 Å². The first-order chi connectivity index (χ1) is 12.3. The molecule has 144 valence electrons. The number of carbonyl (C=O) groups excluding carboxylic acids is 2. The third kappa shape index (κ3) is 8.71. The number of alkyl carbamates (subject to hydrolysis) is 1. The molecule has 1 unspecified atom stereocenters. The van der Waals surface area contributed by atoms with Crippen LogP contribution in [-0.4, -0.2) is 50.0 Å². The molecule has 1 aromatic rings. The molecule has 2 N–H and O–H groups in total. The largest absolute Gasteiger partial charge is 0.491 e. The molecule has 0 aromatic heterocycles. The first-order valence-corrected chi connectivity index (χ1v) is 8.89. The van der Waals surface area contributed by atoms with Crippen LogP contribution in [0, 0.1) is 0 Å². The molecular weight excluding hydrogens is 336 g/mol. The van der Waals surface area contributed by atoms with E-state index in [1.165, 1.54) is 0 Å². The fourth-order valence-corrected chi connectivity index (χ4v) is 2.13. The lowest BCUT2D eigenvalue weighted by Gasteiger charge is -2.19. The lowest BCUT2D eigenvalue weighted by atomic mass is 10.1. The maximum atomic E-state index is 11.8. The number of nitrogens with one attached hydrogen (secondary N) is 2. The summed E-state index contributed by atoms with van der Waals surface area (Å²) in [6.07, 6.45) is 0.797. The average molecular weight is 364 g/mol. The molecule has 1 aliphatic heterocycles. The van der Waals surface area contributed by atoms with Crippen LogP contribution in [0.25, 0.3) is 0 Å². The van der Waals surface area contributed by atoms with Gasteiger partial charge in [-0.25, -0.2) is 4.79 Å². The van der Waals surface area contributed by atoms with Gasteiger partial charge in [-0.1, -0.05) is 12.1 Å². The SMILES string of the molecule is CC(C)(C)OC(=O)NCCNC(=O)CCc1ccc(OCC2CO2)cc1. The molecule has 1 saturated heterocycles. The van der Waals surface area contributed by atoms with E-state index in [1.54, 1.807) is 20.8 Å². The van der Waals surface area contributed by atoms with E-state index < -0.39 is 11.7 Å². The minimum Gasteiger partial charge on any atom is -0.491 e. The highest BCUT2D eigenvalue weighted by Gasteiger charge is 2.22. The average Bonchev–Trinajstić information content (AvgIpc) is 3.39. The van der Waals surface area contributed by atoms with Gasteiger partial charge in [-0.3, -0.25) is 4.79 Å². The molecule has 2 amide bonds. The summed E-state index contributed by atoms with van der Waals surface area (Å²) in [6.45, 7) is 7.46. The molecule has 1 aromatic carbocycles. The minimum absolute atomic E-state index is 0.0535. The second-order valence-corrected chi connectivity index (χ2v) is 7.19. The highest BCUT2D eigenvalue weighted by atomic mass is 16.6. The number of carbonyl (C=O) groups is 2. The molecule has 7 heteroatoms. The smallest absolute Gasteiger partial charge is 0.407 e. The van der Waals surface area contributed by atoms with Gasteiger partial charge in [0.15, 0.2) is 0 Å². The Balaban J connectivity index is 1.55. The summed E-state index contributed by atoms with van der Waals surface area (Å²) in [7, 11) is 0. The molecule has 1 fully saturated rings. The second kappa shape index (κ2) is 9.43. The second-order valence-electron chi connectivity index (χ2n) is 7.19. The molecule has 0 aliphatic carbocycles. The molecular formula is C19H28N2O5. The molecule has 0 bridgehead atoms. The third-order valence-electron chi connectivity index (χ3n) is 3.52. The molecule has 0 radical (unpaired) electrons. The summed E-state index contributed by atoms with van der Waals surface area (Å²) in [5.74, 6) is 0.754. The highest BCUT2D eigenvalue weighted by molar-refractivity contribution is 5.76. The van der Waals surface area contributed by atoms with Crippen LogP contribution in [0.15, 0.2) is 24.3 Å². The first kappa shape index (κ1) is 20.0. The zero-order valence-electron chi connectivity index (χ0n) is 15.7. The summed E-state index contributed by atoms with van der Waals surface area (Å²) in [5, 5.41) is 5.37. The van der Waals surface area contributed by atoms with Crippen molar-refractivity contribution < 1.29 is 23.8 Å². The monoisotopic (exact) mass is 364 g/mol. The quantitative estimate of drug-likeness (QED) is 0.517. The zero-order chi connectivity index (χ0) is 19.0. The predicted octanol–water partition coefficient (Wildman–Crippen LogP) is 2.04. The van der Waals surface area contributed by atoms with E-state index >= 15 is 0 Å². The topological polar surface area (TPSA) is 89.2 Å². The number of ether oxygens (including phenoxy) is 3. The van der Waals surface area contributed by atoms with E-state index in [2.05, 4.69) is 10.6 Å². The highest BCUT2D eigenvalue weighted by Crippen LogP contribution is 2.16. The van der Waals surface area contributed by atoms with E-state index in [9.17, 15) is 9.59 Å². The van der Waals surface area contributed by atoms with E-state index in [-0.39, 0.29) is 12.0 Å². The first-order valence-electron chi connectivity index (χ1n) is 8.89. The van der Waals surface area contributed by atoms with Gasteiger partial charge >= 0.3 is 6.09 Å². The fourth-order valence-electron chi connectivity index (χ4n) is 2.13. The summed E-state index contributed by atoms with van der Waals surface area (Å²) in [4.78, 5) is 23.3. The number of hydrogen-bond acceptors (Lipinski definition) is 5. The van der Waals surface area contributed by atoms with Crippen molar-refractivity contribution >= 4 is 12.0 Å². The lowest BCUT2D eigenvalue weighted by molar-refractivity contribution is -0.121. The maximum Gasteiger partial charge on any atom is 0.407 e. The lowest BCUT2D eigenvalue weighted by Crippen LogP contribution is -2.37. The number of hydrogen-bond donors (Lipinski definition) is 2. The number of aryl methyl sites for hydroxylation is 1. The van der Waals surface area contributed by atoms with Gasteiger partial charge in [-0.15, -0.1) is 0 Å². The van der Waals surface area contributed by atoms with Crippen molar-refractivity contribution in [2.24, 2.45) is 0 Å². The van der Waals surface area contributed by atoms with Gasteiger partial charge < -0.3 is 24.8 Å². The molecule has 0 spiro atoms. The molecule has 1 atom stereocenters. The van der Waals surface area contributed by atoms with E-state index in [1.807, 2.05) is 24.3 Å². The van der Waals surface area contributed by atoms with Gasteiger partial charge in [0.25, 0.3) is 0 Å². The minimum atomic E-state index is -0.528. The van der Waals surface area contributed by atoms with Crippen molar-refractivity contribution in [2.75, 3.05) is 26.3 Å². The van der Waals surface area contributed by atoms with Crippen molar-refractivity contribution in [3.05, 3.63) is 29.8 Å². The fraction of sp³-hybridized carbons (Fsp3) is 0.579. The number of benzene rings is 1. The van der Waals surface area contributed by atoms with Crippen LogP contribution in [-0.2, 0) is 20.7 Å². The summed E-state index contributed by atoms with van der Waals surface area (Å²) >= 11 is 0. The van der Waals surface area contributed by atoms with Crippen molar-refractivity contribution in [2.45, 2.75) is 45.3 Å². The van der Waals surface area contributed by atoms with Gasteiger partial charge in [-0.05, 0) is 44.9 Å². The van der Waals surface area contributed by atoms with Crippen LogP contribution >= 0.6 is 0 Å². The summed E-state index contributed by atoms with van der Waals surface area (Å²) < 4.78 is 15.8. The standard InChI is InChI=1S/C19H28N2O5/c1-19(2,3)26-18(23)21-11-10-20-17(22)9-6-14-4-7-15(8-5-14)24-12-16-13-25-16/h4-5,7-8,16H,6,9-13H2,1-3H3,(H,20,22)(H,21,23). The maximum absolute atomic E-state index is 11.8. The molecule has 2 rings (SSSR count).